The van der Waals surface area contributed by atoms with Crippen molar-refractivity contribution in [2.24, 2.45) is 5.73 Å². The number of nitrogens with two attached hydrogens (primary N) is 1. The van der Waals surface area contributed by atoms with Gasteiger partial charge in [-0.3, -0.25) is 4.98 Å². The number of halogens is 2. The normalized spacial score (nSPS) is 17.5. The first kappa shape index (κ1) is 17.4. The smallest absolute Gasteiger partial charge is 0.153 e. The summed E-state index contributed by atoms with van der Waals surface area (Å²) >= 11 is 0. The first-order valence-electron chi connectivity index (χ1n) is 5.21. The van der Waals surface area contributed by atoms with E-state index < -0.39 is 9.84 Å². The molecule has 0 bridgehead atoms. The first-order chi connectivity index (χ1) is 7.61. The maximum absolute atomic E-state index is 11.3. The van der Waals surface area contributed by atoms with Crippen LogP contribution in [0, 0.1) is 0 Å². The van der Waals surface area contributed by atoms with Crippen molar-refractivity contribution < 1.29 is 8.42 Å². The van der Waals surface area contributed by atoms with Crippen LogP contribution in [0.3, 0.4) is 0 Å². The van der Waals surface area contributed by atoms with Crippen LogP contribution in [0.2, 0.25) is 0 Å². The molecule has 0 spiro atoms. The summed E-state index contributed by atoms with van der Waals surface area (Å²) in [6.07, 6.45) is 1.71. The quantitative estimate of drug-likeness (QED) is 0.866. The van der Waals surface area contributed by atoms with Gasteiger partial charge in [-0.1, -0.05) is 0 Å². The van der Waals surface area contributed by atoms with Gasteiger partial charge in [-0.15, -0.1) is 24.8 Å². The van der Waals surface area contributed by atoms with Crippen molar-refractivity contribution in [3.8, 4) is 0 Å². The van der Waals surface area contributed by atoms with Crippen LogP contribution in [-0.2, 0) is 16.4 Å². The molecular weight excluding hydrogens is 297 g/mol. The zero-order chi connectivity index (χ0) is 11.6. The predicted octanol–water partition coefficient (Wildman–Crippen LogP) is 0.619. The van der Waals surface area contributed by atoms with E-state index in [0.29, 0.717) is 19.6 Å². The molecule has 5 nitrogen and oxygen atoms in total. The van der Waals surface area contributed by atoms with Crippen molar-refractivity contribution in [3.63, 3.8) is 0 Å². The number of hydrogen-bond acceptors (Lipinski definition) is 5. The van der Waals surface area contributed by atoms with Gasteiger partial charge in [-0.25, -0.2) is 8.42 Å². The molecule has 8 heteroatoms. The lowest BCUT2D eigenvalue weighted by Crippen LogP contribution is -2.40. The van der Waals surface area contributed by atoms with Crippen molar-refractivity contribution in [1.82, 2.24) is 4.98 Å². The first-order valence-corrected chi connectivity index (χ1v) is 7.03. The Labute approximate surface area is 120 Å². The zero-order valence-electron chi connectivity index (χ0n) is 9.78. The summed E-state index contributed by atoms with van der Waals surface area (Å²) in [6, 6.07) is 3.80. The Balaban J connectivity index is 0.00000144. The van der Waals surface area contributed by atoms with Gasteiger partial charge in [0.15, 0.2) is 9.84 Å². The number of aromatic nitrogens is 1. The highest BCUT2D eigenvalue weighted by Crippen LogP contribution is 2.17. The molecule has 0 atom stereocenters. The molecule has 0 amide bonds. The van der Waals surface area contributed by atoms with Crippen LogP contribution in [0.5, 0.6) is 0 Å². The molecule has 0 saturated carbocycles. The Hall–Kier alpha value is -0.560. The molecule has 2 N–H and O–H groups in total. The monoisotopic (exact) mass is 313 g/mol. The minimum atomic E-state index is -2.82. The standard InChI is InChI=1S/C10H15N3O2S.2ClH/c11-8-9-7-10(1-2-12-9)13-3-5-16(14,15)6-4-13;;/h1-2,7H,3-6,8,11H2;2*1H. The molecule has 1 aliphatic rings. The summed E-state index contributed by atoms with van der Waals surface area (Å²) in [5.74, 6) is 0.459. The molecule has 1 saturated heterocycles. The van der Waals surface area contributed by atoms with E-state index in [1.807, 2.05) is 12.1 Å². The molecule has 2 heterocycles. The number of pyridine rings is 1. The van der Waals surface area contributed by atoms with Gasteiger partial charge in [0.05, 0.1) is 17.2 Å². The molecule has 2 rings (SSSR count). The van der Waals surface area contributed by atoms with Gasteiger partial charge in [0.1, 0.15) is 0 Å². The third kappa shape index (κ3) is 4.28. The molecule has 1 aliphatic heterocycles. The summed E-state index contributed by atoms with van der Waals surface area (Å²) in [5, 5.41) is 0. The fourth-order valence-electron chi connectivity index (χ4n) is 1.74. The summed E-state index contributed by atoms with van der Waals surface area (Å²) in [4.78, 5) is 6.17. The van der Waals surface area contributed by atoms with Gasteiger partial charge in [0.25, 0.3) is 0 Å². The Kier molecular flexibility index (Phi) is 6.91. The second-order valence-electron chi connectivity index (χ2n) is 3.85. The second kappa shape index (κ2) is 7.13. The van der Waals surface area contributed by atoms with E-state index >= 15 is 0 Å². The molecule has 18 heavy (non-hydrogen) atoms. The molecule has 0 aromatic carbocycles. The molecular formula is C10H17Cl2N3O2S. The van der Waals surface area contributed by atoms with E-state index in [-0.39, 0.29) is 36.3 Å². The number of hydrogen-bond donors (Lipinski definition) is 1. The van der Waals surface area contributed by atoms with Crippen LogP contribution in [0.4, 0.5) is 5.69 Å². The van der Waals surface area contributed by atoms with Crippen molar-refractivity contribution in [3.05, 3.63) is 24.0 Å². The Morgan fingerprint density at radius 2 is 1.89 bits per heavy atom. The fourth-order valence-corrected chi connectivity index (χ4v) is 2.95. The summed E-state index contributed by atoms with van der Waals surface area (Å²) in [6.45, 7) is 1.51. The molecule has 0 radical (unpaired) electrons. The van der Waals surface area contributed by atoms with E-state index in [1.54, 1.807) is 6.20 Å². The van der Waals surface area contributed by atoms with E-state index in [1.165, 1.54) is 0 Å². The highest BCUT2D eigenvalue weighted by Gasteiger charge is 2.21. The minimum Gasteiger partial charge on any atom is -0.369 e. The van der Waals surface area contributed by atoms with Crippen molar-refractivity contribution in [2.45, 2.75) is 6.54 Å². The van der Waals surface area contributed by atoms with E-state index in [9.17, 15) is 8.42 Å². The highest BCUT2D eigenvalue weighted by molar-refractivity contribution is 7.91. The molecule has 1 aromatic heterocycles. The minimum absolute atomic E-state index is 0. The van der Waals surface area contributed by atoms with Crippen LogP contribution in [0.1, 0.15) is 5.69 Å². The molecule has 0 unspecified atom stereocenters. The van der Waals surface area contributed by atoms with Gasteiger partial charge < -0.3 is 10.6 Å². The Morgan fingerprint density at radius 3 is 2.44 bits per heavy atom. The van der Waals surface area contributed by atoms with Gasteiger partial charge in [0, 0.05) is 31.5 Å². The fraction of sp³-hybridized carbons (Fsp3) is 0.500. The van der Waals surface area contributed by atoms with Crippen LogP contribution in [-0.4, -0.2) is 38.0 Å². The van der Waals surface area contributed by atoms with E-state index in [0.717, 1.165) is 11.4 Å². The molecule has 104 valence electrons. The lowest BCUT2D eigenvalue weighted by molar-refractivity contribution is 0.587. The summed E-state index contributed by atoms with van der Waals surface area (Å²) in [5.41, 5.74) is 7.34. The van der Waals surface area contributed by atoms with Crippen LogP contribution >= 0.6 is 24.8 Å². The molecule has 0 aliphatic carbocycles. The molecule has 1 aromatic rings. The van der Waals surface area contributed by atoms with Crippen LogP contribution in [0.15, 0.2) is 18.3 Å². The number of nitrogens with zero attached hydrogens (tertiary/aromatic N) is 2. The number of anilines is 1. The van der Waals surface area contributed by atoms with Gasteiger partial charge in [0.2, 0.25) is 0 Å². The van der Waals surface area contributed by atoms with Crippen LogP contribution in [0.25, 0.3) is 0 Å². The SMILES string of the molecule is Cl.Cl.NCc1cc(N2CCS(=O)(=O)CC2)ccn1. The highest BCUT2D eigenvalue weighted by atomic mass is 35.5. The van der Waals surface area contributed by atoms with Crippen molar-refractivity contribution in [2.75, 3.05) is 29.5 Å². The average molecular weight is 314 g/mol. The van der Waals surface area contributed by atoms with E-state index in [2.05, 4.69) is 9.88 Å². The Morgan fingerprint density at radius 1 is 1.28 bits per heavy atom. The second-order valence-corrected chi connectivity index (χ2v) is 6.15. The third-order valence-corrected chi connectivity index (χ3v) is 4.33. The lowest BCUT2D eigenvalue weighted by atomic mass is 10.3. The summed E-state index contributed by atoms with van der Waals surface area (Å²) < 4.78 is 22.6. The average Bonchev–Trinajstić information content (AvgIpc) is 2.29. The maximum Gasteiger partial charge on any atom is 0.153 e. The number of rotatable bonds is 2. The Bertz CT molecular complexity index is 468. The number of sulfone groups is 1. The van der Waals surface area contributed by atoms with E-state index in [4.69, 9.17) is 5.73 Å². The van der Waals surface area contributed by atoms with Gasteiger partial charge in [-0.05, 0) is 12.1 Å². The van der Waals surface area contributed by atoms with Gasteiger partial charge >= 0.3 is 0 Å². The summed E-state index contributed by atoms with van der Waals surface area (Å²) in [7, 11) is -2.82. The topological polar surface area (TPSA) is 76.3 Å². The molecule has 1 fully saturated rings. The largest absolute Gasteiger partial charge is 0.369 e. The van der Waals surface area contributed by atoms with Crippen molar-refractivity contribution >= 4 is 40.3 Å². The predicted molar refractivity (Wildman–Crippen MR) is 77.5 cm³/mol. The van der Waals surface area contributed by atoms with Crippen LogP contribution < -0.4 is 10.6 Å². The zero-order valence-corrected chi connectivity index (χ0v) is 12.2. The lowest BCUT2D eigenvalue weighted by Gasteiger charge is -2.28. The van der Waals surface area contributed by atoms with Crippen molar-refractivity contribution in [1.29, 1.82) is 0 Å². The maximum atomic E-state index is 11.3. The van der Waals surface area contributed by atoms with Gasteiger partial charge in [-0.2, -0.15) is 0 Å². The third-order valence-electron chi connectivity index (χ3n) is 2.72.